The molecule has 2 aromatic carbocycles. The maximum absolute atomic E-state index is 16.0. The van der Waals surface area contributed by atoms with Crippen LogP contribution in [-0.2, 0) is 11.2 Å². The third-order valence-electron chi connectivity index (χ3n) is 8.44. The molecule has 2 aliphatic heterocycles. The van der Waals surface area contributed by atoms with Gasteiger partial charge in [0, 0.05) is 72.5 Å². The highest BCUT2D eigenvalue weighted by atomic mass is 19.1. The minimum Gasteiger partial charge on any atom is -0.378 e. The molecule has 41 heavy (non-hydrogen) atoms. The lowest BCUT2D eigenvalue weighted by molar-refractivity contribution is 0.0383. The van der Waals surface area contributed by atoms with Crippen LogP contribution >= 0.6 is 0 Å². The zero-order valence-electron chi connectivity index (χ0n) is 23.8. The molecule has 0 unspecified atom stereocenters. The highest BCUT2D eigenvalue weighted by Gasteiger charge is 2.40. The van der Waals surface area contributed by atoms with Crippen molar-refractivity contribution in [3.05, 3.63) is 70.4 Å². The molecule has 1 fully saturated rings. The number of rotatable bonds is 13. The fraction of sp³-hybridized carbons (Fsp3) is 0.531. The van der Waals surface area contributed by atoms with Crippen LogP contribution in [0.5, 0.6) is 0 Å². The summed E-state index contributed by atoms with van der Waals surface area (Å²) in [6.07, 6.45) is 1.44. The molecule has 5 rings (SSSR count). The number of carbonyl (C=O) groups excluding carboxylic acids is 1. The molecular formula is C32H39F4N3O2. The van der Waals surface area contributed by atoms with Gasteiger partial charge in [-0.05, 0) is 49.9 Å². The molecule has 0 radical (unpaired) electrons. The fourth-order valence-electron chi connectivity index (χ4n) is 6.27. The van der Waals surface area contributed by atoms with E-state index < -0.39 is 30.5 Å². The molecule has 0 aliphatic carbocycles. The fourth-order valence-corrected chi connectivity index (χ4v) is 6.27. The first-order chi connectivity index (χ1) is 19.8. The number of H-pyrrole nitrogens is 1. The summed E-state index contributed by atoms with van der Waals surface area (Å²) in [6.45, 7) is 5.35. The van der Waals surface area contributed by atoms with Crippen molar-refractivity contribution in [2.75, 3.05) is 46.1 Å². The number of carbonyl (C=O) groups is 1. The zero-order chi connectivity index (χ0) is 29.1. The smallest absolute Gasteiger partial charge is 0.168 e. The molecule has 0 amide bonds. The Kier molecular flexibility index (Phi) is 9.46. The molecule has 5 nitrogen and oxygen atoms in total. The summed E-state index contributed by atoms with van der Waals surface area (Å²) in [4.78, 5) is 20.2. The van der Waals surface area contributed by atoms with E-state index in [4.69, 9.17) is 4.74 Å². The summed E-state index contributed by atoms with van der Waals surface area (Å²) >= 11 is 0. The monoisotopic (exact) mass is 573 g/mol. The lowest BCUT2D eigenvalue weighted by Crippen LogP contribution is -2.50. The zero-order valence-corrected chi connectivity index (χ0v) is 23.8. The van der Waals surface area contributed by atoms with Gasteiger partial charge in [-0.2, -0.15) is 0 Å². The second-order valence-electron chi connectivity index (χ2n) is 11.5. The Hall–Kier alpha value is -2.75. The molecule has 1 N–H and O–H groups in total. The van der Waals surface area contributed by atoms with Crippen molar-refractivity contribution >= 4 is 16.7 Å². The van der Waals surface area contributed by atoms with Crippen LogP contribution in [0.1, 0.15) is 66.3 Å². The summed E-state index contributed by atoms with van der Waals surface area (Å²) < 4.78 is 65.1. The molecule has 9 heteroatoms. The Morgan fingerprint density at radius 2 is 1.88 bits per heavy atom. The minimum atomic E-state index is -1.34. The number of likely N-dealkylation sites (tertiary alicyclic amines) is 1. The van der Waals surface area contributed by atoms with Crippen molar-refractivity contribution in [2.45, 2.75) is 57.8 Å². The number of benzene rings is 2. The Balaban J connectivity index is 1.46. The molecule has 2 aliphatic rings. The van der Waals surface area contributed by atoms with Crippen LogP contribution in [0.4, 0.5) is 17.6 Å². The normalized spacial score (nSPS) is 20.7. The highest BCUT2D eigenvalue weighted by Crippen LogP contribution is 2.43. The number of para-hydroxylation sites is 1. The number of fused-ring (bicyclic) bond motifs is 3. The molecule has 3 atom stereocenters. The number of halogens is 4. The van der Waals surface area contributed by atoms with Gasteiger partial charge in [-0.15, -0.1) is 0 Å². The number of alkyl halides is 2. The first kappa shape index (κ1) is 29.7. The molecule has 222 valence electrons. The van der Waals surface area contributed by atoms with Crippen LogP contribution < -0.4 is 0 Å². The number of hydrogen-bond donors (Lipinski definition) is 1. The van der Waals surface area contributed by atoms with Crippen LogP contribution in [0.3, 0.4) is 0 Å². The quantitative estimate of drug-likeness (QED) is 0.146. The summed E-state index contributed by atoms with van der Waals surface area (Å²) in [7, 11) is 0. The van der Waals surface area contributed by atoms with Gasteiger partial charge in [0.15, 0.2) is 5.78 Å². The molecular weight excluding hydrogens is 534 g/mol. The van der Waals surface area contributed by atoms with E-state index >= 15 is 13.2 Å². The van der Waals surface area contributed by atoms with Crippen LogP contribution in [0.2, 0.25) is 0 Å². The Bertz CT molecular complexity index is 1330. The van der Waals surface area contributed by atoms with E-state index in [1.54, 1.807) is 0 Å². The number of ether oxygens (including phenoxy) is 1. The van der Waals surface area contributed by atoms with Crippen LogP contribution in [0, 0.1) is 17.6 Å². The standard InChI is InChI=1S/C32H39F4N3O2/c1-3-4-12-41-19-23(34)18-39-20(2)13-25-24-8-5-6-9-28(24)37-30(25)31(39)29-26(35)14-21(15-27(29)36)32(40)22-16-38(17-22)11-7-10-33/h5-6,8-9,14-15,20,22-23,31,37H,3-4,7,10-13,16-19H2,1-2H3/t20-,23-,31-/m1/s1. The average molecular weight is 574 g/mol. The second-order valence-corrected chi connectivity index (χ2v) is 11.5. The maximum Gasteiger partial charge on any atom is 0.168 e. The predicted molar refractivity (Wildman–Crippen MR) is 152 cm³/mol. The van der Waals surface area contributed by atoms with Gasteiger partial charge in [0.1, 0.15) is 17.8 Å². The van der Waals surface area contributed by atoms with Crippen LogP contribution in [0.25, 0.3) is 10.9 Å². The number of aromatic amines is 1. The third kappa shape index (κ3) is 6.22. The number of hydrogen-bond acceptors (Lipinski definition) is 4. The van der Waals surface area contributed by atoms with Gasteiger partial charge in [-0.25, -0.2) is 13.2 Å². The number of Topliss-reactive ketones (excluding diaryl/α,β-unsaturated/α-hetero) is 1. The van der Waals surface area contributed by atoms with E-state index in [1.165, 1.54) is 0 Å². The third-order valence-corrected chi connectivity index (χ3v) is 8.44. The van der Waals surface area contributed by atoms with Crippen molar-refractivity contribution in [2.24, 2.45) is 5.92 Å². The van der Waals surface area contributed by atoms with Gasteiger partial charge in [0.05, 0.1) is 19.3 Å². The summed E-state index contributed by atoms with van der Waals surface area (Å²) in [5, 5.41) is 0.980. The number of nitrogens with one attached hydrogen (secondary N) is 1. The van der Waals surface area contributed by atoms with E-state index in [1.807, 2.05) is 47.9 Å². The van der Waals surface area contributed by atoms with Crippen LogP contribution in [-0.4, -0.2) is 78.8 Å². The summed E-state index contributed by atoms with van der Waals surface area (Å²) in [5.41, 5.74) is 2.25. The topological polar surface area (TPSA) is 48.6 Å². The number of unbranched alkanes of at least 4 members (excludes halogenated alkanes) is 1. The van der Waals surface area contributed by atoms with Crippen molar-refractivity contribution in [3.63, 3.8) is 0 Å². The second kappa shape index (κ2) is 13.0. The van der Waals surface area contributed by atoms with Gasteiger partial charge in [0.2, 0.25) is 0 Å². The van der Waals surface area contributed by atoms with Gasteiger partial charge in [-0.3, -0.25) is 14.1 Å². The highest BCUT2D eigenvalue weighted by molar-refractivity contribution is 5.98. The van der Waals surface area contributed by atoms with E-state index in [9.17, 15) is 9.18 Å². The summed E-state index contributed by atoms with van der Waals surface area (Å²) in [6, 6.07) is 8.85. The van der Waals surface area contributed by atoms with Gasteiger partial charge in [0.25, 0.3) is 0 Å². The number of aromatic nitrogens is 1. The largest absolute Gasteiger partial charge is 0.378 e. The lowest BCUT2D eigenvalue weighted by Gasteiger charge is -2.41. The lowest BCUT2D eigenvalue weighted by atomic mass is 9.86. The average Bonchev–Trinajstić information content (AvgIpc) is 3.29. The van der Waals surface area contributed by atoms with Gasteiger partial charge >= 0.3 is 0 Å². The van der Waals surface area contributed by atoms with E-state index in [-0.39, 0.29) is 42.0 Å². The molecule has 0 spiro atoms. The predicted octanol–water partition coefficient (Wildman–Crippen LogP) is 6.41. The Morgan fingerprint density at radius 1 is 1.15 bits per heavy atom. The van der Waals surface area contributed by atoms with E-state index in [2.05, 4.69) is 4.98 Å². The summed E-state index contributed by atoms with van der Waals surface area (Å²) in [5.74, 6) is -2.35. The Morgan fingerprint density at radius 3 is 2.59 bits per heavy atom. The van der Waals surface area contributed by atoms with Gasteiger partial charge < -0.3 is 14.6 Å². The number of ketones is 1. The van der Waals surface area contributed by atoms with E-state index in [0.717, 1.165) is 41.4 Å². The van der Waals surface area contributed by atoms with Crippen molar-refractivity contribution < 1.29 is 27.1 Å². The van der Waals surface area contributed by atoms with E-state index in [0.29, 0.717) is 44.8 Å². The molecule has 0 bridgehead atoms. The van der Waals surface area contributed by atoms with Crippen molar-refractivity contribution in [3.8, 4) is 0 Å². The minimum absolute atomic E-state index is 0.0149. The van der Waals surface area contributed by atoms with Gasteiger partial charge in [-0.1, -0.05) is 31.5 Å². The van der Waals surface area contributed by atoms with Crippen molar-refractivity contribution in [1.29, 1.82) is 0 Å². The molecule has 1 aromatic heterocycles. The molecule has 0 saturated carbocycles. The maximum atomic E-state index is 16.0. The SMILES string of the molecule is CCCCOC[C@H](F)CN1[C@H](c2c(F)cc(C(=O)C3CN(CCCF)C3)cc2F)c2[nH]c3ccccc3c2C[C@H]1C. The van der Waals surface area contributed by atoms with Crippen LogP contribution in [0.15, 0.2) is 36.4 Å². The first-order valence-corrected chi connectivity index (χ1v) is 14.7. The number of nitrogens with zero attached hydrogens (tertiary/aromatic N) is 2. The molecule has 3 aromatic rings. The Labute approximate surface area is 238 Å². The van der Waals surface area contributed by atoms with Crippen molar-refractivity contribution in [1.82, 2.24) is 14.8 Å². The first-order valence-electron chi connectivity index (χ1n) is 14.7. The molecule has 1 saturated heterocycles. The molecule has 3 heterocycles.